The van der Waals surface area contributed by atoms with Gasteiger partial charge in [0.1, 0.15) is 6.61 Å². The molecule has 0 amide bonds. The quantitative estimate of drug-likeness (QED) is 0.471. The van der Waals surface area contributed by atoms with Crippen molar-refractivity contribution in [3.05, 3.63) is 65.3 Å². The summed E-state index contributed by atoms with van der Waals surface area (Å²) in [6.45, 7) is 13.0. The minimum atomic E-state index is -0.255. The first-order valence-corrected chi connectivity index (χ1v) is 9.04. The Balaban J connectivity index is 1.87. The van der Waals surface area contributed by atoms with Crippen molar-refractivity contribution in [1.29, 1.82) is 0 Å². The van der Waals surface area contributed by atoms with Gasteiger partial charge in [0.2, 0.25) is 0 Å². The van der Waals surface area contributed by atoms with Crippen molar-refractivity contribution in [2.45, 2.75) is 47.0 Å². The summed E-state index contributed by atoms with van der Waals surface area (Å²) in [4.78, 5) is 12.2. The molecule has 1 aliphatic rings. The predicted octanol–water partition coefficient (Wildman–Crippen LogP) is 6.21. The van der Waals surface area contributed by atoms with Crippen LogP contribution in [0.4, 0.5) is 0 Å². The molecule has 0 radical (unpaired) electrons. The zero-order valence-corrected chi connectivity index (χ0v) is 16.0. The maximum atomic E-state index is 12.2. The normalized spacial score (nSPS) is 18.1. The van der Waals surface area contributed by atoms with Gasteiger partial charge in [-0.05, 0) is 60.8 Å². The summed E-state index contributed by atoms with van der Waals surface area (Å²) in [5.74, 6) is 0.322. The molecule has 0 bridgehead atoms. The number of ether oxygens (including phenoxy) is 1. The summed E-state index contributed by atoms with van der Waals surface area (Å²) in [6, 6.07) is 7.57. The number of allylic oxidation sites excluding steroid dienone is 3. The van der Waals surface area contributed by atoms with Gasteiger partial charge in [-0.3, -0.25) is 0 Å². The molecule has 0 saturated carbocycles. The lowest BCUT2D eigenvalue weighted by atomic mass is 9.86. The summed E-state index contributed by atoms with van der Waals surface area (Å²) < 4.78 is 5.47. The van der Waals surface area contributed by atoms with E-state index in [9.17, 15) is 4.79 Å². The number of rotatable bonds is 5. The minimum absolute atomic E-state index is 0.147. The summed E-state index contributed by atoms with van der Waals surface area (Å²) in [6.07, 6.45) is 9.55. The minimum Gasteiger partial charge on any atom is -0.458 e. The number of hydrogen-bond acceptors (Lipinski definition) is 2. The summed E-state index contributed by atoms with van der Waals surface area (Å²) in [7, 11) is 0. The lowest BCUT2D eigenvalue weighted by Gasteiger charge is -2.22. The first-order valence-electron chi connectivity index (χ1n) is 9.04. The maximum absolute atomic E-state index is 12.2. The summed E-state index contributed by atoms with van der Waals surface area (Å²) in [5.41, 5.74) is 4.30. The Bertz CT molecular complexity index is 669. The zero-order valence-electron chi connectivity index (χ0n) is 16.0. The fourth-order valence-corrected chi connectivity index (χ4v) is 2.79. The molecule has 2 rings (SSSR count). The molecule has 0 aliphatic heterocycles. The number of carbonyl (C=O) groups excluding carboxylic acids is 1. The Labute approximate surface area is 152 Å². The van der Waals surface area contributed by atoms with E-state index < -0.39 is 0 Å². The maximum Gasteiger partial charge on any atom is 0.338 e. The molecule has 0 aromatic heterocycles. The van der Waals surface area contributed by atoms with Crippen molar-refractivity contribution in [1.82, 2.24) is 0 Å². The van der Waals surface area contributed by atoms with Crippen LogP contribution in [-0.2, 0) is 4.74 Å². The summed E-state index contributed by atoms with van der Waals surface area (Å²) in [5, 5.41) is 0. The molecule has 0 saturated heterocycles. The van der Waals surface area contributed by atoms with Crippen LogP contribution < -0.4 is 0 Å². The highest BCUT2D eigenvalue weighted by Gasteiger charge is 2.16. The number of carbonyl (C=O) groups is 1. The van der Waals surface area contributed by atoms with E-state index in [-0.39, 0.29) is 11.4 Å². The first-order chi connectivity index (χ1) is 11.7. The largest absolute Gasteiger partial charge is 0.458 e. The third kappa shape index (κ3) is 6.38. The standard InChI is InChI=1S/C23H30O2/c1-17(2)20-10-8-19(9-11-20)16-25-22(24)21-12-6-18(7-13-21)14-15-23(3,4)5/h6-8,12-15,20H,1,9-11,16H2,2-5H3/b15-14+/t20-/m0/s1. The Morgan fingerprint density at radius 1 is 1.28 bits per heavy atom. The lowest BCUT2D eigenvalue weighted by Crippen LogP contribution is -2.12. The molecule has 0 heterocycles. The van der Waals surface area contributed by atoms with Crippen LogP contribution in [0.25, 0.3) is 6.08 Å². The van der Waals surface area contributed by atoms with Crippen molar-refractivity contribution in [3.63, 3.8) is 0 Å². The first kappa shape index (κ1) is 19.2. The second kappa shape index (κ2) is 8.33. The molecule has 0 spiro atoms. The van der Waals surface area contributed by atoms with E-state index in [1.807, 2.05) is 24.3 Å². The highest BCUT2D eigenvalue weighted by atomic mass is 16.5. The topological polar surface area (TPSA) is 26.3 Å². The Morgan fingerprint density at radius 3 is 2.48 bits per heavy atom. The van der Waals surface area contributed by atoms with Gasteiger partial charge in [0.25, 0.3) is 0 Å². The molecule has 1 aromatic carbocycles. The Morgan fingerprint density at radius 2 is 1.96 bits per heavy atom. The predicted molar refractivity (Wildman–Crippen MR) is 105 cm³/mol. The van der Waals surface area contributed by atoms with Gasteiger partial charge in [-0.25, -0.2) is 4.79 Å². The van der Waals surface area contributed by atoms with E-state index in [0.29, 0.717) is 18.1 Å². The van der Waals surface area contributed by atoms with Crippen LogP contribution in [0, 0.1) is 11.3 Å². The van der Waals surface area contributed by atoms with Gasteiger partial charge in [-0.15, -0.1) is 0 Å². The van der Waals surface area contributed by atoms with E-state index in [1.165, 1.54) is 11.1 Å². The van der Waals surface area contributed by atoms with Gasteiger partial charge >= 0.3 is 5.97 Å². The second-order valence-electron chi connectivity index (χ2n) is 8.08. The molecular formula is C23H30O2. The second-order valence-corrected chi connectivity index (χ2v) is 8.08. The monoisotopic (exact) mass is 338 g/mol. The van der Waals surface area contributed by atoms with E-state index in [4.69, 9.17) is 4.74 Å². The van der Waals surface area contributed by atoms with Crippen molar-refractivity contribution >= 4 is 12.0 Å². The molecule has 1 aromatic rings. The molecule has 2 nitrogen and oxygen atoms in total. The molecule has 1 aliphatic carbocycles. The highest BCUT2D eigenvalue weighted by Crippen LogP contribution is 2.28. The van der Waals surface area contributed by atoms with E-state index >= 15 is 0 Å². The van der Waals surface area contributed by atoms with Gasteiger partial charge in [-0.2, -0.15) is 0 Å². The van der Waals surface area contributed by atoms with Crippen LogP contribution in [0.3, 0.4) is 0 Å². The fourth-order valence-electron chi connectivity index (χ4n) is 2.79. The third-order valence-electron chi connectivity index (χ3n) is 4.51. The molecule has 0 unspecified atom stereocenters. The fraction of sp³-hybridized carbons (Fsp3) is 0.435. The van der Waals surface area contributed by atoms with Crippen molar-refractivity contribution in [2.75, 3.05) is 6.61 Å². The van der Waals surface area contributed by atoms with Crippen LogP contribution in [0.2, 0.25) is 0 Å². The lowest BCUT2D eigenvalue weighted by molar-refractivity contribution is 0.0535. The van der Waals surface area contributed by atoms with E-state index in [0.717, 1.165) is 24.8 Å². The average molecular weight is 338 g/mol. The third-order valence-corrected chi connectivity index (χ3v) is 4.51. The zero-order chi connectivity index (χ0) is 18.4. The molecule has 1 atom stereocenters. The van der Waals surface area contributed by atoms with Gasteiger partial charge < -0.3 is 4.74 Å². The average Bonchev–Trinajstić information content (AvgIpc) is 2.58. The number of esters is 1. The van der Waals surface area contributed by atoms with Crippen molar-refractivity contribution in [2.24, 2.45) is 11.3 Å². The Hall–Kier alpha value is -2.09. The smallest absolute Gasteiger partial charge is 0.338 e. The highest BCUT2D eigenvalue weighted by molar-refractivity contribution is 5.89. The number of hydrogen-bond donors (Lipinski definition) is 0. The van der Waals surface area contributed by atoms with Gasteiger partial charge in [0.15, 0.2) is 0 Å². The van der Waals surface area contributed by atoms with Crippen LogP contribution in [-0.4, -0.2) is 12.6 Å². The van der Waals surface area contributed by atoms with Crippen LogP contribution in [0.15, 0.2) is 54.1 Å². The van der Waals surface area contributed by atoms with Gasteiger partial charge in [0, 0.05) is 0 Å². The summed E-state index contributed by atoms with van der Waals surface area (Å²) >= 11 is 0. The molecule has 2 heteroatoms. The Kier molecular flexibility index (Phi) is 6.41. The van der Waals surface area contributed by atoms with E-state index in [1.54, 1.807) is 0 Å². The van der Waals surface area contributed by atoms with Gasteiger partial charge in [-0.1, -0.05) is 63.3 Å². The van der Waals surface area contributed by atoms with Crippen LogP contribution in [0.5, 0.6) is 0 Å². The molecular weight excluding hydrogens is 308 g/mol. The van der Waals surface area contributed by atoms with Crippen molar-refractivity contribution < 1.29 is 9.53 Å². The molecule has 0 fully saturated rings. The molecule has 0 N–H and O–H groups in total. The molecule has 25 heavy (non-hydrogen) atoms. The van der Waals surface area contributed by atoms with Gasteiger partial charge in [0.05, 0.1) is 5.56 Å². The molecule has 134 valence electrons. The number of benzene rings is 1. The SMILES string of the molecule is C=C(C)[C@H]1CC=C(COC(=O)c2ccc(/C=C/C(C)(C)C)cc2)CC1. The van der Waals surface area contributed by atoms with Crippen molar-refractivity contribution in [3.8, 4) is 0 Å². The van der Waals surface area contributed by atoms with Crippen LogP contribution in [0.1, 0.15) is 62.9 Å². The van der Waals surface area contributed by atoms with Crippen LogP contribution >= 0.6 is 0 Å². The van der Waals surface area contributed by atoms with E-state index in [2.05, 4.69) is 52.5 Å².